The van der Waals surface area contributed by atoms with Crippen LogP contribution >= 0.6 is 22.6 Å². The van der Waals surface area contributed by atoms with Crippen molar-refractivity contribution < 1.29 is 13.2 Å². The lowest BCUT2D eigenvalue weighted by Gasteiger charge is -2.22. The second kappa shape index (κ2) is 10.1. The molecule has 0 bridgehead atoms. The Morgan fingerprint density at radius 2 is 1.74 bits per heavy atom. The minimum atomic E-state index is -3.39. The highest BCUT2D eigenvalue weighted by atomic mass is 127. The molecule has 27 heavy (non-hydrogen) atoms. The van der Waals surface area contributed by atoms with Crippen molar-refractivity contribution in [2.45, 2.75) is 25.7 Å². The van der Waals surface area contributed by atoms with Crippen molar-refractivity contribution in [3.8, 4) is 0 Å². The standard InChI is InChI=1S/C20H25IN2O3S/c1-16(17-7-4-3-5-8-17)15-22-20(24)9-6-14-23(27(2,25)26)19-12-10-18(21)11-13-19/h3-5,7-8,10-13,16H,6,9,14-15H2,1-2H3,(H,22,24)/t16-/m1/s1. The molecule has 5 nitrogen and oxygen atoms in total. The van der Waals surface area contributed by atoms with E-state index in [1.54, 1.807) is 12.1 Å². The largest absolute Gasteiger partial charge is 0.356 e. The van der Waals surface area contributed by atoms with E-state index in [0.717, 1.165) is 3.57 Å². The van der Waals surface area contributed by atoms with Crippen molar-refractivity contribution in [3.63, 3.8) is 0 Å². The summed E-state index contributed by atoms with van der Waals surface area (Å²) < 4.78 is 26.6. The summed E-state index contributed by atoms with van der Waals surface area (Å²) in [5, 5.41) is 2.93. The lowest BCUT2D eigenvalue weighted by molar-refractivity contribution is -0.121. The molecule has 2 aromatic rings. The van der Waals surface area contributed by atoms with Gasteiger partial charge in [0.15, 0.2) is 0 Å². The normalized spacial score (nSPS) is 12.4. The van der Waals surface area contributed by atoms with Crippen molar-refractivity contribution in [2.75, 3.05) is 23.7 Å². The Morgan fingerprint density at radius 3 is 2.33 bits per heavy atom. The number of hydrogen-bond donors (Lipinski definition) is 1. The van der Waals surface area contributed by atoms with Gasteiger partial charge in [0, 0.05) is 23.1 Å². The van der Waals surface area contributed by atoms with Gasteiger partial charge in [0.05, 0.1) is 11.9 Å². The zero-order chi connectivity index (χ0) is 19.9. The van der Waals surface area contributed by atoms with Gasteiger partial charge in [0.1, 0.15) is 0 Å². The summed E-state index contributed by atoms with van der Waals surface area (Å²) in [5.74, 6) is 0.170. The molecular weight excluding hydrogens is 475 g/mol. The summed E-state index contributed by atoms with van der Waals surface area (Å²) in [5.41, 5.74) is 1.80. The van der Waals surface area contributed by atoms with Gasteiger partial charge in [-0.3, -0.25) is 9.10 Å². The van der Waals surface area contributed by atoms with E-state index >= 15 is 0 Å². The topological polar surface area (TPSA) is 66.5 Å². The van der Waals surface area contributed by atoms with Crippen molar-refractivity contribution in [2.24, 2.45) is 0 Å². The molecule has 1 amide bonds. The van der Waals surface area contributed by atoms with Crippen LogP contribution in [0.1, 0.15) is 31.2 Å². The second-order valence-corrected chi connectivity index (χ2v) is 9.68. The highest BCUT2D eigenvalue weighted by Crippen LogP contribution is 2.20. The molecule has 0 aliphatic rings. The molecule has 1 atom stereocenters. The molecule has 2 rings (SSSR count). The number of nitrogens with zero attached hydrogens (tertiary/aromatic N) is 1. The number of benzene rings is 2. The zero-order valence-corrected chi connectivity index (χ0v) is 18.5. The Labute approximate surface area is 175 Å². The first-order chi connectivity index (χ1) is 12.8. The molecule has 0 spiro atoms. The molecule has 0 heterocycles. The lowest BCUT2D eigenvalue weighted by atomic mass is 10.0. The Balaban J connectivity index is 1.83. The maximum Gasteiger partial charge on any atom is 0.232 e. The molecule has 2 aromatic carbocycles. The number of nitrogens with one attached hydrogen (secondary N) is 1. The van der Waals surface area contributed by atoms with Crippen LogP contribution in [0.5, 0.6) is 0 Å². The third-order valence-electron chi connectivity index (χ3n) is 4.25. The first kappa shape index (κ1) is 21.7. The molecule has 0 unspecified atom stereocenters. The zero-order valence-electron chi connectivity index (χ0n) is 15.6. The first-order valence-corrected chi connectivity index (χ1v) is 11.7. The third kappa shape index (κ3) is 7.14. The van der Waals surface area contributed by atoms with Crippen LogP contribution in [0.4, 0.5) is 5.69 Å². The predicted molar refractivity (Wildman–Crippen MR) is 118 cm³/mol. The predicted octanol–water partition coefficient (Wildman–Crippen LogP) is 3.76. The van der Waals surface area contributed by atoms with E-state index in [-0.39, 0.29) is 24.8 Å². The number of sulfonamides is 1. The van der Waals surface area contributed by atoms with Crippen LogP contribution in [-0.2, 0) is 14.8 Å². The van der Waals surface area contributed by atoms with Crippen molar-refractivity contribution in [3.05, 3.63) is 63.7 Å². The number of carbonyl (C=O) groups is 1. The van der Waals surface area contributed by atoms with Crippen LogP contribution in [0.15, 0.2) is 54.6 Å². The summed E-state index contributed by atoms with van der Waals surface area (Å²) in [7, 11) is -3.39. The van der Waals surface area contributed by atoms with E-state index in [1.807, 2.05) is 42.5 Å². The minimum absolute atomic E-state index is 0.0613. The molecule has 0 saturated heterocycles. The molecule has 146 valence electrons. The average Bonchev–Trinajstić information content (AvgIpc) is 2.64. The van der Waals surface area contributed by atoms with Crippen LogP contribution in [0, 0.1) is 3.57 Å². The average molecular weight is 500 g/mol. The highest BCUT2D eigenvalue weighted by molar-refractivity contribution is 14.1. The number of amides is 1. The summed E-state index contributed by atoms with van der Waals surface area (Å²) in [4.78, 5) is 12.1. The van der Waals surface area contributed by atoms with Gasteiger partial charge in [0.2, 0.25) is 15.9 Å². The Morgan fingerprint density at radius 1 is 1.11 bits per heavy atom. The van der Waals surface area contributed by atoms with E-state index in [1.165, 1.54) is 16.1 Å². The van der Waals surface area contributed by atoms with Crippen LogP contribution in [-0.4, -0.2) is 33.7 Å². The number of anilines is 1. The second-order valence-electron chi connectivity index (χ2n) is 6.53. The van der Waals surface area contributed by atoms with Crippen LogP contribution in [0.25, 0.3) is 0 Å². The minimum Gasteiger partial charge on any atom is -0.356 e. The van der Waals surface area contributed by atoms with E-state index in [0.29, 0.717) is 18.7 Å². The quantitative estimate of drug-likeness (QED) is 0.534. The van der Waals surface area contributed by atoms with Crippen molar-refractivity contribution in [1.29, 1.82) is 0 Å². The molecule has 0 saturated carbocycles. The van der Waals surface area contributed by atoms with Gasteiger partial charge in [-0.2, -0.15) is 0 Å². The molecule has 0 aliphatic heterocycles. The maximum absolute atomic E-state index is 12.1. The Bertz CT molecular complexity index is 839. The van der Waals surface area contributed by atoms with Gasteiger partial charge >= 0.3 is 0 Å². The van der Waals surface area contributed by atoms with Gasteiger partial charge in [-0.15, -0.1) is 0 Å². The molecule has 0 fully saturated rings. The highest BCUT2D eigenvalue weighted by Gasteiger charge is 2.17. The Hall–Kier alpha value is -1.61. The maximum atomic E-state index is 12.1. The van der Waals surface area contributed by atoms with E-state index in [4.69, 9.17) is 0 Å². The van der Waals surface area contributed by atoms with Crippen LogP contribution in [0.3, 0.4) is 0 Å². The van der Waals surface area contributed by atoms with Crippen LogP contribution < -0.4 is 9.62 Å². The van der Waals surface area contributed by atoms with Gasteiger partial charge in [-0.05, 0) is 64.8 Å². The SMILES string of the molecule is C[C@H](CNC(=O)CCCN(c1ccc(I)cc1)S(C)(=O)=O)c1ccccc1. The van der Waals surface area contributed by atoms with Crippen molar-refractivity contribution >= 4 is 44.2 Å². The summed E-state index contributed by atoms with van der Waals surface area (Å²) in [6.45, 7) is 2.91. The molecule has 7 heteroatoms. The monoisotopic (exact) mass is 500 g/mol. The summed E-state index contributed by atoms with van der Waals surface area (Å²) in [6, 6.07) is 17.3. The molecule has 0 aliphatic carbocycles. The van der Waals surface area contributed by atoms with E-state index < -0.39 is 10.0 Å². The smallest absolute Gasteiger partial charge is 0.232 e. The fourth-order valence-corrected chi connectivity index (χ4v) is 4.06. The van der Waals surface area contributed by atoms with Crippen molar-refractivity contribution in [1.82, 2.24) is 5.32 Å². The van der Waals surface area contributed by atoms with E-state index in [9.17, 15) is 13.2 Å². The molecule has 0 aromatic heterocycles. The number of rotatable bonds is 9. The van der Waals surface area contributed by atoms with E-state index in [2.05, 4.69) is 34.8 Å². The molecule has 0 radical (unpaired) electrons. The molecule has 1 N–H and O–H groups in total. The first-order valence-electron chi connectivity index (χ1n) is 8.82. The number of carbonyl (C=O) groups excluding carboxylic acids is 1. The summed E-state index contributed by atoms with van der Waals surface area (Å²) in [6.07, 6.45) is 1.94. The van der Waals surface area contributed by atoms with Crippen LogP contribution in [0.2, 0.25) is 0 Å². The number of halogens is 1. The third-order valence-corrected chi connectivity index (χ3v) is 6.17. The summed E-state index contributed by atoms with van der Waals surface area (Å²) >= 11 is 2.18. The van der Waals surface area contributed by atoms with Gasteiger partial charge < -0.3 is 5.32 Å². The fraction of sp³-hybridized carbons (Fsp3) is 0.350. The van der Waals surface area contributed by atoms with Gasteiger partial charge in [0.25, 0.3) is 0 Å². The molecular formula is C20H25IN2O3S. The van der Waals surface area contributed by atoms with Gasteiger partial charge in [-0.1, -0.05) is 37.3 Å². The number of hydrogen-bond acceptors (Lipinski definition) is 3. The van der Waals surface area contributed by atoms with Gasteiger partial charge in [-0.25, -0.2) is 8.42 Å². The fourth-order valence-electron chi connectivity index (χ4n) is 2.73. The Kier molecular flexibility index (Phi) is 8.09. The lowest BCUT2D eigenvalue weighted by Crippen LogP contribution is -2.32.